The van der Waals surface area contributed by atoms with Crippen LogP contribution in [0.15, 0.2) is 47.6 Å². The Hall–Kier alpha value is -2.04. The largest absolute Gasteiger partial charge is 0.494 e. The van der Waals surface area contributed by atoms with E-state index in [0.717, 1.165) is 12.2 Å². The molecule has 0 saturated carbocycles. The number of carbonyl (C=O) groups excluding carboxylic acids is 1. The molecule has 1 amide bonds. The van der Waals surface area contributed by atoms with E-state index >= 15 is 0 Å². The highest BCUT2D eigenvalue weighted by atomic mass is 35.5. The summed E-state index contributed by atoms with van der Waals surface area (Å²) in [7, 11) is 0. The van der Waals surface area contributed by atoms with Crippen LogP contribution >= 0.6 is 23.2 Å². The number of hydrazone groups is 1. The lowest BCUT2D eigenvalue weighted by Gasteiger charge is -2.06. The molecule has 0 atom stereocenters. The normalized spacial score (nSPS) is 10.9. The Morgan fingerprint density at radius 3 is 2.42 bits per heavy atom. The molecule has 0 aromatic heterocycles. The number of halogens is 2. The van der Waals surface area contributed by atoms with Gasteiger partial charge in [0.2, 0.25) is 0 Å². The van der Waals surface area contributed by atoms with Gasteiger partial charge in [-0.05, 0) is 42.8 Å². The first kappa shape index (κ1) is 20.3. The summed E-state index contributed by atoms with van der Waals surface area (Å²) in [5.74, 6) is 0.434. The summed E-state index contributed by atoms with van der Waals surface area (Å²) in [5.41, 5.74) is 3.51. The van der Waals surface area contributed by atoms with Gasteiger partial charge in [0.05, 0.1) is 22.9 Å². The fraction of sp³-hybridized carbons (Fsp3) is 0.300. The summed E-state index contributed by atoms with van der Waals surface area (Å²) < 4.78 is 5.66. The summed E-state index contributed by atoms with van der Waals surface area (Å²) in [6.07, 6.45) is 6.06. The van der Waals surface area contributed by atoms with Crippen molar-refractivity contribution in [3.63, 3.8) is 0 Å². The number of carbonyl (C=O) groups is 1. The van der Waals surface area contributed by atoms with Crippen LogP contribution in [0.2, 0.25) is 10.0 Å². The highest BCUT2D eigenvalue weighted by Gasteiger charge is 2.06. The zero-order chi connectivity index (χ0) is 18.8. The van der Waals surface area contributed by atoms with Crippen molar-refractivity contribution in [1.29, 1.82) is 0 Å². The van der Waals surface area contributed by atoms with Crippen molar-refractivity contribution < 1.29 is 9.53 Å². The van der Waals surface area contributed by atoms with E-state index in [-0.39, 0.29) is 5.91 Å². The second-order valence-electron chi connectivity index (χ2n) is 5.77. The standard InChI is InChI=1S/C20H22Cl2N2O2/c1-2-3-4-5-13-26-16-11-9-15(10-12-16)20(25)24-23-14-17-18(21)7-6-8-19(17)22/h6-12,14H,2-5,13H2,1H3,(H,24,25). The molecule has 138 valence electrons. The number of benzene rings is 2. The monoisotopic (exact) mass is 392 g/mol. The molecule has 0 radical (unpaired) electrons. The number of unbranched alkanes of at least 4 members (excludes halogenated alkanes) is 3. The van der Waals surface area contributed by atoms with Gasteiger partial charge in [-0.2, -0.15) is 5.10 Å². The van der Waals surface area contributed by atoms with E-state index in [0.29, 0.717) is 27.8 Å². The van der Waals surface area contributed by atoms with Gasteiger partial charge in [-0.25, -0.2) is 5.43 Å². The lowest BCUT2D eigenvalue weighted by molar-refractivity contribution is 0.0955. The van der Waals surface area contributed by atoms with E-state index in [2.05, 4.69) is 17.5 Å². The van der Waals surface area contributed by atoms with E-state index in [4.69, 9.17) is 27.9 Å². The van der Waals surface area contributed by atoms with Crippen molar-refractivity contribution in [2.45, 2.75) is 32.6 Å². The lowest BCUT2D eigenvalue weighted by atomic mass is 10.2. The molecule has 0 aliphatic rings. The number of ether oxygens (including phenoxy) is 1. The average Bonchev–Trinajstić information content (AvgIpc) is 2.64. The maximum absolute atomic E-state index is 12.1. The summed E-state index contributed by atoms with van der Waals surface area (Å²) in [6, 6.07) is 12.1. The van der Waals surface area contributed by atoms with Crippen LogP contribution in [0.4, 0.5) is 0 Å². The molecule has 2 rings (SSSR count). The Morgan fingerprint density at radius 1 is 1.08 bits per heavy atom. The SMILES string of the molecule is CCCCCCOc1ccc(C(=O)NN=Cc2c(Cl)cccc2Cl)cc1. The fourth-order valence-electron chi connectivity index (χ4n) is 2.28. The molecule has 2 aromatic carbocycles. The molecular weight excluding hydrogens is 371 g/mol. The van der Waals surface area contributed by atoms with Gasteiger partial charge in [0.15, 0.2) is 0 Å². The van der Waals surface area contributed by atoms with Crippen molar-refractivity contribution in [3.05, 3.63) is 63.6 Å². The maximum Gasteiger partial charge on any atom is 0.271 e. The van der Waals surface area contributed by atoms with E-state index < -0.39 is 0 Å². The summed E-state index contributed by atoms with van der Waals surface area (Å²) in [6.45, 7) is 2.87. The fourth-order valence-corrected chi connectivity index (χ4v) is 2.77. The van der Waals surface area contributed by atoms with Crippen molar-refractivity contribution in [2.75, 3.05) is 6.61 Å². The van der Waals surface area contributed by atoms with Crippen molar-refractivity contribution in [3.8, 4) is 5.75 Å². The van der Waals surface area contributed by atoms with E-state index in [9.17, 15) is 4.79 Å². The minimum atomic E-state index is -0.320. The van der Waals surface area contributed by atoms with E-state index in [1.165, 1.54) is 25.5 Å². The molecule has 0 aliphatic carbocycles. The number of hydrogen-bond donors (Lipinski definition) is 1. The van der Waals surface area contributed by atoms with Crippen LogP contribution in [0.25, 0.3) is 0 Å². The zero-order valence-corrected chi connectivity index (χ0v) is 16.2. The first-order valence-corrected chi connectivity index (χ1v) is 9.37. The molecule has 0 fully saturated rings. The number of amides is 1. The Kier molecular flexibility index (Phi) is 8.45. The molecule has 6 heteroatoms. The highest BCUT2D eigenvalue weighted by Crippen LogP contribution is 2.22. The van der Waals surface area contributed by atoms with Crippen molar-refractivity contribution >= 4 is 35.3 Å². The third-order valence-corrected chi connectivity index (χ3v) is 4.40. The third-order valence-electron chi connectivity index (χ3n) is 3.74. The minimum absolute atomic E-state index is 0.320. The number of nitrogens with zero attached hydrogens (tertiary/aromatic N) is 1. The van der Waals surface area contributed by atoms with Gasteiger partial charge >= 0.3 is 0 Å². The molecular formula is C20H22Cl2N2O2. The van der Waals surface area contributed by atoms with Gasteiger partial charge in [0, 0.05) is 11.1 Å². The summed E-state index contributed by atoms with van der Waals surface area (Å²) in [5, 5.41) is 4.85. The Morgan fingerprint density at radius 2 is 1.77 bits per heavy atom. The van der Waals surface area contributed by atoms with Crippen LogP contribution in [0.1, 0.15) is 48.5 Å². The van der Waals surface area contributed by atoms with Crippen LogP contribution in [0.5, 0.6) is 5.75 Å². The molecule has 0 bridgehead atoms. The molecule has 4 nitrogen and oxygen atoms in total. The van der Waals surface area contributed by atoms with Gasteiger partial charge in [-0.1, -0.05) is 55.5 Å². The average molecular weight is 393 g/mol. The maximum atomic E-state index is 12.1. The van der Waals surface area contributed by atoms with Crippen LogP contribution in [-0.4, -0.2) is 18.7 Å². The second-order valence-corrected chi connectivity index (χ2v) is 6.58. The van der Waals surface area contributed by atoms with Crippen LogP contribution in [0.3, 0.4) is 0 Å². The van der Waals surface area contributed by atoms with E-state index in [1.807, 2.05) is 0 Å². The summed E-state index contributed by atoms with van der Waals surface area (Å²) >= 11 is 12.1. The molecule has 0 spiro atoms. The predicted octanol–water partition coefficient (Wildman–Crippen LogP) is 5.72. The van der Waals surface area contributed by atoms with Gasteiger partial charge < -0.3 is 4.74 Å². The minimum Gasteiger partial charge on any atom is -0.494 e. The van der Waals surface area contributed by atoms with Gasteiger partial charge in [0.25, 0.3) is 5.91 Å². The lowest BCUT2D eigenvalue weighted by Crippen LogP contribution is -2.17. The molecule has 0 heterocycles. The Bertz CT molecular complexity index is 726. The first-order valence-electron chi connectivity index (χ1n) is 8.62. The van der Waals surface area contributed by atoms with Crippen LogP contribution in [0, 0.1) is 0 Å². The molecule has 0 unspecified atom stereocenters. The highest BCUT2D eigenvalue weighted by molar-refractivity contribution is 6.38. The molecule has 2 aromatic rings. The quantitative estimate of drug-likeness (QED) is 0.337. The van der Waals surface area contributed by atoms with Gasteiger partial charge in [0.1, 0.15) is 5.75 Å². The predicted molar refractivity (Wildman–Crippen MR) is 108 cm³/mol. The van der Waals surface area contributed by atoms with Gasteiger partial charge in [-0.3, -0.25) is 4.79 Å². The topological polar surface area (TPSA) is 50.7 Å². The summed E-state index contributed by atoms with van der Waals surface area (Å²) in [4.78, 5) is 12.1. The smallest absolute Gasteiger partial charge is 0.271 e. The molecule has 0 saturated heterocycles. The number of rotatable bonds is 9. The number of hydrogen-bond acceptors (Lipinski definition) is 3. The van der Waals surface area contributed by atoms with Crippen LogP contribution < -0.4 is 10.2 Å². The number of nitrogens with one attached hydrogen (secondary N) is 1. The Labute approximate surface area is 164 Å². The first-order chi connectivity index (χ1) is 12.6. The molecule has 0 aliphatic heterocycles. The zero-order valence-electron chi connectivity index (χ0n) is 14.7. The molecule has 1 N–H and O–H groups in total. The van der Waals surface area contributed by atoms with Crippen LogP contribution in [-0.2, 0) is 0 Å². The van der Waals surface area contributed by atoms with Crippen molar-refractivity contribution in [1.82, 2.24) is 5.43 Å². The third kappa shape index (κ3) is 6.36. The molecule has 26 heavy (non-hydrogen) atoms. The van der Waals surface area contributed by atoms with E-state index in [1.54, 1.807) is 42.5 Å². The Balaban J connectivity index is 1.85. The van der Waals surface area contributed by atoms with Gasteiger partial charge in [-0.15, -0.1) is 0 Å². The van der Waals surface area contributed by atoms with Crippen molar-refractivity contribution in [2.24, 2.45) is 5.10 Å². The second kappa shape index (κ2) is 10.8.